The van der Waals surface area contributed by atoms with E-state index >= 15 is 0 Å². The second-order valence-corrected chi connectivity index (χ2v) is 8.21. The van der Waals surface area contributed by atoms with Crippen molar-refractivity contribution in [2.75, 3.05) is 0 Å². The average molecular weight is 350 g/mol. The Bertz CT molecular complexity index is 633. The first-order valence-corrected chi connectivity index (χ1v) is 10.8. The number of aromatic nitrogens is 1. The van der Waals surface area contributed by atoms with Crippen LogP contribution in [0.5, 0.6) is 0 Å². The van der Waals surface area contributed by atoms with E-state index in [9.17, 15) is 0 Å². The molecular weight excluding hydrogens is 314 g/mol. The van der Waals surface area contributed by atoms with E-state index in [1.54, 1.807) is 0 Å². The molecule has 1 fully saturated rings. The van der Waals surface area contributed by atoms with Crippen LogP contribution in [0.15, 0.2) is 42.6 Å². The zero-order chi connectivity index (χ0) is 18.2. The van der Waals surface area contributed by atoms with E-state index < -0.39 is 0 Å². The lowest BCUT2D eigenvalue weighted by atomic mass is 9.78. The molecule has 0 N–H and O–H groups in total. The summed E-state index contributed by atoms with van der Waals surface area (Å²) in [6, 6.07) is 13.5. The molecule has 2 aromatic rings. The highest BCUT2D eigenvalue weighted by atomic mass is 14.7. The van der Waals surface area contributed by atoms with Gasteiger partial charge in [-0.3, -0.25) is 4.98 Å². The molecule has 1 saturated carbocycles. The molecule has 1 nitrogen and oxygen atoms in total. The van der Waals surface area contributed by atoms with E-state index in [-0.39, 0.29) is 0 Å². The van der Waals surface area contributed by atoms with Crippen molar-refractivity contribution >= 4 is 0 Å². The lowest BCUT2D eigenvalue weighted by Gasteiger charge is -2.28. The second-order valence-electron chi connectivity index (χ2n) is 8.21. The molecule has 0 aliphatic heterocycles. The molecule has 26 heavy (non-hydrogen) atoms. The molecule has 0 amide bonds. The summed E-state index contributed by atoms with van der Waals surface area (Å²) in [6.45, 7) is 4.54. The zero-order valence-corrected chi connectivity index (χ0v) is 16.7. The third-order valence-electron chi connectivity index (χ3n) is 6.12. The van der Waals surface area contributed by atoms with Gasteiger partial charge in [-0.05, 0) is 48.3 Å². The molecule has 1 aliphatic carbocycles. The van der Waals surface area contributed by atoms with Gasteiger partial charge in [0.2, 0.25) is 0 Å². The molecule has 1 heteroatoms. The van der Waals surface area contributed by atoms with Gasteiger partial charge in [0, 0.05) is 11.8 Å². The van der Waals surface area contributed by atoms with Crippen LogP contribution in [0, 0.1) is 11.8 Å². The summed E-state index contributed by atoms with van der Waals surface area (Å²) < 4.78 is 0. The van der Waals surface area contributed by atoms with Crippen molar-refractivity contribution in [1.29, 1.82) is 0 Å². The molecule has 1 aromatic carbocycles. The van der Waals surface area contributed by atoms with Gasteiger partial charge in [-0.1, -0.05) is 89.1 Å². The summed E-state index contributed by atoms with van der Waals surface area (Å²) in [7, 11) is 0. The monoisotopic (exact) mass is 349 g/mol. The minimum Gasteiger partial charge on any atom is -0.256 e. The van der Waals surface area contributed by atoms with E-state index in [2.05, 4.69) is 55.2 Å². The highest BCUT2D eigenvalue weighted by molar-refractivity contribution is 5.59. The number of hydrogen-bond donors (Lipinski definition) is 0. The lowest BCUT2D eigenvalue weighted by Crippen LogP contribution is -2.15. The first-order valence-electron chi connectivity index (χ1n) is 10.8. The topological polar surface area (TPSA) is 12.9 Å². The fraction of sp³-hybridized carbons (Fsp3) is 0.560. The lowest BCUT2D eigenvalue weighted by molar-refractivity contribution is 0.252. The number of nitrogens with zero attached hydrogens (tertiary/aromatic N) is 1. The van der Waals surface area contributed by atoms with Crippen molar-refractivity contribution in [2.24, 2.45) is 11.8 Å². The minimum atomic E-state index is 0.954. The van der Waals surface area contributed by atoms with Crippen LogP contribution in [0.25, 0.3) is 11.3 Å². The largest absolute Gasteiger partial charge is 0.256 e. The molecule has 140 valence electrons. The zero-order valence-electron chi connectivity index (χ0n) is 16.7. The van der Waals surface area contributed by atoms with E-state index in [1.165, 1.54) is 74.5 Å². The van der Waals surface area contributed by atoms with Crippen LogP contribution >= 0.6 is 0 Å². The molecule has 0 atom stereocenters. The standard InChI is InChI=1S/C25H35N/c1-3-5-20-7-9-21(10-8-20)11-12-22-13-16-24(17-14-22)25-18-15-23(6-4-2)19-26-25/h13-21H,3-12H2,1-2H3/t20-,21-. The Morgan fingerprint density at radius 1 is 0.731 bits per heavy atom. The Hall–Kier alpha value is -1.63. The maximum Gasteiger partial charge on any atom is 0.0702 e. The number of benzene rings is 1. The Kier molecular flexibility index (Phi) is 7.29. The molecule has 1 heterocycles. The third kappa shape index (κ3) is 5.43. The third-order valence-corrected chi connectivity index (χ3v) is 6.12. The quantitative estimate of drug-likeness (QED) is 0.489. The molecule has 3 rings (SSSR count). The van der Waals surface area contributed by atoms with E-state index in [0.29, 0.717) is 0 Å². The maximum atomic E-state index is 4.64. The van der Waals surface area contributed by atoms with Crippen molar-refractivity contribution in [2.45, 2.75) is 78.1 Å². The highest BCUT2D eigenvalue weighted by Gasteiger charge is 2.20. The van der Waals surface area contributed by atoms with Crippen LogP contribution in [0.1, 0.15) is 76.3 Å². The van der Waals surface area contributed by atoms with Gasteiger partial charge in [-0.15, -0.1) is 0 Å². The molecule has 1 aromatic heterocycles. The summed E-state index contributed by atoms with van der Waals surface area (Å²) in [5.74, 6) is 1.97. The Morgan fingerprint density at radius 3 is 1.96 bits per heavy atom. The molecule has 0 radical (unpaired) electrons. The van der Waals surface area contributed by atoms with Gasteiger partial charge in [-0.25, -0.2) is 0 Å². The Balaban J connectivity index is 1.49. The van der Waals surface area contributed by atoms with Crippen LogP contribution in [-0.4, -0.2) is 4.98 Å². The second kappa shape index (κ2) is 9.90. The van der Waals surface area contributed by atoms with Gasteiger partial charge in [0.05, 0.1) is 5.69 Å². The van der Waals surface area contributed by atoms with E-state index in [0.717, 1.165) is 24.0 Å². The summed E-state index contributed by atoms with van der Waals surface area (Å²) in [6.07, 6.45) is 15.6. The smallest absolute Gasteiger partial charge is 0.0702 e. The van der Waals surface area contributed by atoms with Crippen molar-refractivity contribution in [3.8, 4) is 11.3 Å². The van der Waals surface area contributed by atoms with Gasteiger partial charge < -0.3 is 0 Å². The molecule has 1 aliphatic rings. The number of pyridine rings is 1. The summed E-state index contributed by atoms with van der Waals surface area (Å²) in [4.78, 5) is 4.64. The van der Waals surface area contributed by atoms with Crippen molar-refractivity contribution < 1.29 is 0 Å². The predicted molar refractivity (Wildman–Crippen MR) is 112 cm³/mol. The van der Waals surface area contributed by atoms with Crippen molar-refractivity contribution in [1.82, 2.24) is 4.98 Å². The van der Waals surface area contributed by atoms with Crippen molar-refractivity contribution in [3.63, 3.8) is 0 Å². The fourth-order valence-corrected chi connectivity index (χ4v) is 4.46. The van der Waals surface area contributed by atoms with E-state index in [1.807, 2.05) is 6.20 Å². The SMILES string of the molecule is CCCc1ccc(-c2ccc(CC[C@H]3CC[C@H](CCC)CC3)cc2)nc1. The van der Waals surface area contributed by atoms with Gasteiger partial charge in [0.1, 0.15) is 0 Å². The summed E-state index contributed by atoms with van der Waals surface area (Å²) >= 11 is 0. The minimum absolute atomic E-state index is 0.954. The van der Waals surface area contributed by atoms with Crippen LogP contribution in [0.4, 0.5) is 0 Å². The Morgan fingerprint density at radius 2 is 1.38 bits per heavy atom. The fourth-order valence-electron chi connectivity index (χ4n) is 4.46. The highest BCUT2D eigenvalue weighted by Crippen LogP contribution is 2.33. The van der Waals surface area contributed by atoms with E-state index in [4.69, 9.17) is 0 Å². The predicted octanol–water partition coefficient (Wildman–Crippen LogP) is 7.24. The van der Waals surface area contributed by atoms with Crippen LogP contribution in [0.2, 0.25) is 0 Å². The van der Waals surface area contributed by atoms with Gasteiger partial charge in [-0.2, -0.15) is 0 Å². The van der Waals surface area contributed by atoms with Crippen LogP contribution in [-0.2, 0) is 12.8 Å². The van der Waals surface area contributed by atoms with Gasteiger partial charge >= 0.3 is 0 Å². The molecule has 0 spiro atoms. The normalized spacial score (nSPS) is 20.2. The Labute approximate surface area is 160 Å². The molecular formula is C25H35N. The number of hydrogen-bond acceptors (Lipinski definition) is 1. The number of aryl methyl sites for hydroxylation is 2. The van der Waals surface area contributed by atoms with Crippen LogP contribution < -0.4 is 0 Å². The molecule has 0 bridgehead atoms. The van der Waals surface area contributed by atoms with Crippen LogP contribution in [0.3, 0.4) is 0 Å². The first-order chi connectivity index (χ1) is 12.8. The van der Waals surface area contributed by atoms with Crippen molar-refractivity contribution in [3.05, 3.63) is 53.7 Å². The number of rotatable bonds is 8. The summed E-state index contributed by atoms with van der Waals surface area (Å²) in [5, 5.41) is 0. The van der Waals surface area contributed by atoms with Gasteiger partial charge in [0.25, 0.3) is 0 Å². The average Bonchev–Trinajstić information content (AvgIpc) is 2.69. The molecule has 0 unspecified atom stereocenters. The first kappa shape index (κ1) is 19.1. The van der Waals surface area contributed by atoms with Gasteiger partial charge in [0.15, 0.2) is 0 Å². The summed E-state index contributed by atoms with van der Waals surface area (Å²) in [5.41, 5.74) is 5.14. The maximum absolute atomic E-state index is 4.64. The molecule has 0 saturated heterocycles.